The number of nitrogens with one attached hydrogen (secondary N) is 2. The van der Waals surface area contributed by atoms with Gasteiger partial charge >= 0.3 is 0 Å². The van der Waals surface area contributed by atoms with Crippen molar-refractivity contribution in [3.05, 3.63) is 0 Å². The first-order chi connectivity index (χ1) is 6.88. The zero-order valence-electron chi connectivity index (χ0n) is 9.16. The number of carbonyl (C=O) groups excluding carboxylic acids is 3. The smallest absolute Gasteiger partial charge is 0.242 e. The normalized spacial score (nSPS) is 13.8. The molecule has 4 N–H and O–H groups in total. The summed E-state index contributed by atoms with van der Waals surface area (Å²) in [4.78, 5) is 33.0. The number of rotatable bonds is 5. The summed E-state index contributed by atoms with van der Waals surface area (Å²) in [6.07, 6.45) is 0.309. The molecular weight excluding hydrogens is 198 g/mol. The molecule has 0 aliphatic carbocycles. The fourth-order valence-electron chi connectivity index (χ4n) is 0.819. The van der Waals surface area contributed by atoms with E-state index < -0.39 is 23.9 Å². The lowest BCUT2D eigenvalue weighted by molar-refractivity contribution is -0.130. The predicted octanol–water partition coefficient (Wildman–Crippen LogP) is -1.11. The van der Waals surface area contributed by atoms with E-state index >= 15 is 0 Å². The molecule has 6 heteroatoms. The Morgan fingerprint density at radius 3 is 2.07 bits per heavy atom. The van der Waals surface area contributed by atoms with Crippen LogP contribution in [0, 0.1) is 0 Å². The van der Waals surface area contributed by atoms with Crippen molar-refractivity contribution >= 4 is 17.7 Å². The van der Waals surface area contributed by atoms with Crippen molar-refractivity contribution in [3.8, 4) is 0 Å². The predicted molar refractivity (Wildman–Crippen MR) is 54.7 cm³/mol. The Morgan fingerprint density at radius 1 is 1.13 bits per heavy atom. The van der Waals surface area contributed by atoms with Crippen LogP contribution >= 0.6 is 0 Å². The Bertz CT molecular complexity index is 265. The summed E-state index contributed by atoms with van der Waals surface area (Å²) in [5.41, 5.74) is 4.97. The van der Waals surface area contributed by atoms with Crippen molar-refractivity contribution in [2.75, 3.05) is 0 Å². The average Bonchev–Trinajstić information content (AvgIpc) is 2.16. The number of carbonyl (C=O) groups is 3. The molecule has 0 aromatic rings. The molecule has 0 rings (SSSR count). The van der Waals surface area contributed by atoms with E-state index in [1.165, 1.54) is 13.8 Å². The second-order valence-electron chi connectivity index (χ2n) is 3.28. The monoisotopic (exact) mass is 215 g/mol. The molecule has 0 saturated carbocycles. The van der Waals surface area contributed by atoms with Crippen LogP contribution in [0.25, 0.3) is 0 Å². The highest BCUT2D eigenvalue weighted by atomic mass is 16.2. The molecule has 0 saturated heterocycles. The summed E-state index contributed by atoms with van der Waals surface area (Å²) in [5.74, 6) is -1.26. The number of primary amides is 1. The van der Waals surface area contributed by atoms with Crippen LogP contribution in [0.2, 0.25) is 0 Å². The van der Waals surface area contributed by atoms with Gasteiger partial charge in [-0.3, -0.25) is 14.4 Å². The van der Waals surface area contributed by atoms with E-state index in [0.717, 1.165) is 0 Å². The molecule has 6 nitrogen and oxygen atoms in total. The van der Waals surface area contributed by atoms with E-state index in [-0.39, 0.29) is 5.91 Å². The van der Waals surface area contributed by atoms with Crippen molar-refractivity contribution in [1.82, 2.24) is 10.6 Å². The molecule has 2 unspecified atom stereocenters. The Labute approximate surface area is 88.6 Å². The fourth-order valence-corrected chi connectivity index (χ4v) is 0.819. The molecule has 0 aromatic carbocycles. The first kappa shape index (κ1) is 13.4. The number of amides is 3. The summed E-state index contributed by atoms with van der Waals surface area (Å²) in [6.45, 7) is 4.71. The fraction of sp³-hybridized carbons (Fsp3) is 0.667. The van der Waals surface area contributed by atoms with Gasteiger partial charge in [0.15, 0.2) is 0 Å². The van der Waals surface area contributed by atoms with Crippen LogP contribution in [0.1, 0.15) is 27.2 Å². The summed E-state index contributed by atoms with van der Waals surface area (Å²) >= 11 is 0. The van der Waals surface area contributed by atoms with Gasteiger partial charge in [0.25, 0.3) is 0 Å². The van der Waals surface area contributed by atoms with Crippen LogP contribution in [-0.4, -0.2) is 29.8 Å². The molecule has 3 amide bonds. The van der Waals surface area contributed by atoms with Crippen molar-refractivity contribution < 1.29 is 14.4 Å². The minimum atomic E-state index is -0.738. The Balaban J connectivity index is 4.10. The molecule has 0 heterocycles. The average molecular weight is 215 g/mol. The molecule has 0 aliphatic heterocycles. The van der Waals surface area contributed by atoms with E-state index in [0.29, 0.717) is 6.42 Å². The molecule has 15 heavy (non-hydrogen) atoms. The summed E-state index contributed by atoms with van der Waals surface area (Å²) in [7, 11) is 0. The molecule has 0 spiro atoms. The summed E-state index contributed by atoms with van der Waals surface area (Å²) < 4.78 is 0. The van der Waals surface area contributed by atoms with Crippen LogP contribution in [0.15, 0.2) is 0 Å². The zero-order chi connectivity index (χ0) is 12.0. The maximum Gasteiger partial charge on any atom is 0.242 e. The highest BCUT2D eigenvalue weighted by Gasteiger charge is 2.18. The molecule has 0 radical (unpaired) electrons. The van der Waals surface area contributed by atoms with Crippen molar-refractivity contribution in [2.45, 2.75) is 39.3 Å². The second kappa shape index (κ2) is 6.00. The topological polar surface area (TPSA) is 101 Å². The third kappa shape index (κ3) is 4.99. The first-order valence-electron chi connectivity index (χ1n) is 4.77. The van der Waals surface area contributed by atoms with Gasteiger partial charge in [0.05, 0.1) is 0 Å². The third-order valence-electron chi connectivity index (χ3n) is 1.88. The van der Waals surface area contributed by atoms with E-state index in [9.17, 15) is 14.4 Å². The lowest BCUT2D eigenvalue weighted by atomic mass is 10.2. The van der Waals surface area contributed by atoms with E-state index in [1.54, 1.807) is 6.92 Å². The molecule has 0 aliphatic rings. The summed E-state index contributed by atoms with van der Waals surface area (Å²) in [5, 5.41) is 4.85. The van der Waals surface area contributed by atoms with Gasteiger partial charge < -0.3 is 16.4 Å². The molecule has 0 fully saturated rings. The minimum Gasteiger partial charge on any atom is -0.368 e. The molecular formula is C9H17N3O3. The quantitative estimate of drug-likeness (QED) is 0.542. The van der Waals surface area contributed by atoms with Crippen LogP contribution < -0.4 is 16.4 Å². The van der Waals surface area contributed by atoms with Gasteiger partial charge in [-0.2, -0.15) is 0 Å². The Kier molecular flexibility index (Phi) is 5.36. The lowest BCUT2D eigenvalue weighted by Gasteiger charge is -2.16. The van der Waals surface area contributed by atoms with Crippen molar-refractivity contribution in [2.24, 2.45) is 5.73 Å². The van der Waals surface area contributed by atoms with Gasteiger partial charge in [-0.15, -0.1) is 0 Å². The van der Waals surface area contributed by atoms with Crippen LogP contribution in [-0.2, 0) is 14.4 Å². The first-order valence-corrected chi connectivity index (χ1v) is 4.77. The summed E-state index contributed by atoms with van der Waals surface area (Å²) in [6, 6.07) is -1.40. The van der Waals surface area contributed by atoms with Gasteiger partial charge in [-0.25, -0.2) is 0 Å². The number of hydrogen-bond donors (Lipinski definition) is 3. The van der Waals surface area contributed by atoms with Gasteiger partial charge in [-0.05, 0) is 13.8 Å². The van der Waals surface area contributed by atoms with Gasteiger partial charge in [0, 0.05) is 6.42 Å². The van der Waals surface area contributed by atoms with Crippen LogP contribution in [0.5, 0.6) is 0 Å². The van der Waals surface area contributed by atoms with Crippen LogP contribution in [0.4, 0.5) is 0 Å². The van der Waals surface area contributed by atoms with Gasteiger partial charge in [0.1, 0.15) is 12.1 Å². The standard InChI is InChI=1S/C9H17N3O3/c1-4-7(13)11-6(3)9(15)12-5(2)8(10)14/h5-6H,4H2,1-3H3,(H2,10,14)(H,11,13)(H,12,15). The number of hydrogen-bond acceptors (Lipinski definition) is 3. The largest absolute Gasteiger partial charge is 0.368 e. The van der Waals surface area contributed by atoms with Crippen molar-refractivity contribution in [1.29, 1.82) is 0 Å². The maximum atomic E-state index is 11.4. The second-order valence-corrected chi connectivity index (χ2v) is 3.28. The van der Waals surface area contributed by atoms with E-state index in [4.69, 9.17) is 5.73 Å². The van der Waals surface area contributed by atoms with Crippen LogP contribution in [0.3, 0.4) is 0 Å². The SMILES string of the molecule is CCC(=O)NC(C)C(=O)NC(C)C(N)=O. The Morgan fingerprint density at radius 2 is 1.67 bits per heavy atom. The van der Waals surface area contributed by atoms with Gasteiger partial charge in [0.2, 0.25) is 17.7 Å². The van der Waals surface area contributed by atoms with E-state index in [2.05, 4.69) is 10.6 Å². The highest BCUT2D eigenvalue weighted by molar-refractivity contribution is 5.91. The molecule has 0 bridgehead atoms. The van der Waals surface area contributed by atoms with E-state index in [1.807, 2.05) is 0 Å². The van der Waals surface area contributed by atoms with Gasteiger partial charge in [-0.1, -0.05) is 6.92 Å². The lowest BCUT2D eigenvalue weighted by Crippen LogP contribution is -2.50. The molecule has 0 aromatic heterocycles. The van der Waals surface area contributed by atoms with Crippen molar-refractivity contribution in [3.63, 3.8) is 0 Å². The molecule has 2 atom stereocenters. The minimum absolute atomic E-state index is 0.218. The molecule has 86 valence electrons. The number of nitrogens with two attached hydrogens (primary N) is 1. The Hall–Kier alpha value is -1.59. The third-order valence-corrected chi connectivity index (χ3v) is 1.88. The maximum absolute atomic E-state index is 11.4. The zero-order valence-corrected chi connectivity index (χ0v) is 9.16. The highest BCUT2D eigenvalue weighted by Crippen LogP contribution is 1.87.